The maximum Gasteiger partial charge on any atom is 0.191 e. The third-order valence-corrected chi connectivity index (χ3v) is 4.28. The van der Waals surface area contributed by atoms with Crippen molar-refractivity contribution in [3.8, 4) is 0 Å². The zero-order valence-electron chi connectivity index (χ0n) is 11.8. The van der Waals surface area contributed by atoms with Crippen molar-refractivity contribution in [1.82, 2.24) is 0 Å². The normalized spacial score (nSPS) is 12.8. The molecule has 0 N–H and O–H groups in total. The highest BCUT2D eigenvalue weighted by Crippen LogP contribution is 2.24. The first-order valence-electron chi connectivity index (χ1n) is 7.46. The van der Waals surface area contributed by atoms with Gasteiger partial charge in [-0.25, -0.2) is 0 Å². The van der Waals surface area contributed by atoms with E-state index in [1.807, 2.05) is 0 Å². The van der Waals surface area contributed by atoms with Gasteiger partial charge in [0.2, 0.25) is 0 Å². The molecule has 0 saturated heterocycles. The van der Waals surface area contributed by atoms with Gasteiger partial charge in [-0.3, -0.25) is 4.57 Å². The predicted octanol–water partition coefficient (Wildman–Crippen LogP) is 5.42. The molecule has 0 spiro atoms. The van der Waals surface area contributed by atoms with E-state index in [9.17, 15) is 4.57 Å². The second-order valence-electron chi connectivity index (χ2n) is 4.80. The zero-order valence-corrected chi connectivity index (χ0v) is 12.8. The monoisotopic (exact) mass is 262 g/mol. The highest BCUT2D eigenvalue weighted by atomic mass is 31.1. The van der Waals surface area contributed by atoms with Gasteiger partial charge in [0.05, 0.1) is 6.61 Å². The van der Waals surface area contributed by atoms with Crippen molar-refractivity contribution in [1.29, 1.82) is 0 Å². The zero-order chi connectivity index (χ0) is 12.8. The first-order chi connectivity index (χ1) is 8.31. The summed E-state index contributed by atoms with van der Waals surface area (Å²) in [5.41, 5.74) is 0. The molecule has 1 unspecified atom stereocenters. The van der Waals surface area contributed by atoms with Gasteiger partial charge in [0.25, 0.3) is 0 Å². The summed E-state index contributed by atoms with van der Waals surface area (Å²) in [6.45, 7) is 5.13. The lowest BCUT2D eigenvalue weighted by molar-refractivity contribution is 0.315. The van der Waals surface area contributed by atoms with Gasteiger partial charge < -0.3 is 4.52 Å². The summed E-state index contributed by atoms with van der Waals surface area (Å²) in [6.07, 6.45) is 13.1. The molecule has 3 heteroatoms. The lowest BCUT2D eigenvalue weighted by atomic mass is 10.2. The minimum Gasteiger partial charge on any atom is -0.330 e. The molecular weight excluding hydrogens is 231 g/mol. The molecule has 17 heavy (non-hydrogen) atoms. The Bertz CT molecular complexity index is 172. The van der Waals surface area contributed by atoms with E-state index in [2.05, 4.69) is 13.8 Å². The Morgan fingerprint density at radius 1 is 0.765 bits per heavy atom. The highest BCUT2D eigenvalue weighted by Gasteiger charge is 1.99. The van der Waals surface area contributed by atoms with Gasteiger partial charge in [-0.2, -0.15) is 0 Å². The SMILES string of the molecule is CCCCCCCO[PH](=O)CCCCCCC. The smallest absolute Gasteiger partial charge is 0.191 e. The van der Waals surface area contributed by atoms with Crippen molar-refractivity contribution >= 4 is 8.03 Å². The molecule has 0 aliphatic rings. The Balaban J connectivity index is 3.12. The Labute approximate surface area is 108 Å². The van der Waals surface area contributed by atoms with Crippen LogP contribution >= 0.6 is 8.03 Å². The van der Waals surface area contributed by atoms with Crippen LogP contribution in [0.1, 0.15) is 78.1 Å². The largest absolute Gasteiger partial charge is 0.330 e. The van der Waals surface area contributed by atoms with Crippen LogP contribution in [0.4, 0.5) is 0 Å². The maximum atomic E-state index is 11.5. The molecular formula is C14H31O2P. The van der Waals surface area contributed by atoms with E-state index in [1.165, 1.54) is 51.4 Å². The van der Waals surface area contributed by atoms with Gasteiger partial charge in [0, 0.05) is 6.16 Å². The lowest BCUT2D eigenvalue weighted by Crippen LogP contribution is -1.90. The lowest BCUT2D eigenvalue weighted by Gasteiger charge is -2.04. The Hall–Kier alpha value is 0.190. The Morgan fingerprint density at radius 2 is 1.29 bits per heavy atom. The molecule has 1 atom stereocenters. The van der Waals surface area contributed by atoms with Crippen LogP contribution in [0.25, 0.3) is 0 Å². The van der Waals surface area contributed by atoms with E-state index in [1.54, 1.807) is 0 Å². The molecule has 0 aromatic carbocycles. The van der Waals surface area contributed by atoms with Crippen LogP contribution in [0.2, 0.25) is 0 Å². The topological polar surface area (TPSA) is 26.3 Å². The molecule has 0 aliphatic heterocycles. The number of hydrogen-bond donors (Lipinski definition) is 0. The average molecular weight is 262 g/mol. The summed E-state index contributed by atoms with van der Waals surface area (Å²) >= 11 is 0. The predicted molar refractivity (Wildman–Crippen MR) is 77.3 cm³/mol. The summed E-state index contributed by atoms with van der Waals surface area (Å²) < 4.78 is 16.9. The molecule has 0 amide bonds. The quantitative estimate of drug-likeness (QED) is 0.327. The second-order valence-corrected chi connectivity index (χ2v) is 6.33. The van der Waals surface area contributed by atoms with Gasteiger partial charge >= 0.3 is 0 Å². The molecule has 0 fully saturated rings. The van der Waals surface area contributed by atoms with Crippen molar-refractivity contribution in [2.24, 2.45) is 0 Å². The van der Waals surface area contributed by atoms with Gasteiger partial charge in [-0.15, -0.1) is 0 Å². The molecule has 0 aromatic heterocycles. The van der Waals surface area contributed by atoms with E-state index < -0.39 is 8.03 Å². The molecule has 0 aliphatic carbocycles. The fourth-order valence-corrected chi connectivity index (χ4v) is 2.89. The van der Waals surface area contributed by atoms with E-state index in [-0.39, 0.29) is 0 Å². The summed E-state index contributed by atoms with van der Waals surface area (Å²) in [6, 6.07) is 0. The van der Waals surface area contributed by atoms with E-state index >= 15 is 0 Å². The van der Waals surface area contributed by atoms with E-state index in [0.29, 0.717) is 6.61 Å². The van der Waals surface area contributed by atoms with Crippen LogP contribution in [0.15, 0.2) is 0 Å². The standard InChI is InChI=1S/C14H31O2P/c1-3-5-7-9-11-13-16-17(15)14-12-10-8-6-4-2/h17H,3-14H2,1-2H3. The minimum atomic E-state index is -1.72. The van der Waals surface area contributed by atoms with Gasteiger partial charge in [0.1, 0.15) is 0 Å². The maximum absolute atomic E-state index is 11.5. The number of unbranched alkanes of at least 4 members (excludes halogenated alkanes) is 8. The fourth-order valence-electron chi connectivity index (χ4n) is 1.84. The van der Waals surface area contributed by atoms with Gasteiger partial charge in [-0.05, 0) is 12.8 Å². The number of hydrogen-bond acceptors (Lipinski definition) is 2. The van der Waals surface area contributed by atoms with Crippen LogP contribution in [0.5, 0.6) is 0 Å². The Morgan fingerprint density at radius 3 is 1.88 bits per heavy atom. The third kappa shape index (κ3) is 14.1. The molecule has 0 saturated carbocycles. The molecule has 0 aromatic rings. The van der Waals surface area contributed by atoms with Crippen LogP contribution < -0.4 is 0 Å². The second kappa shape index (κ2) is 14.3. The van der Waals surface area contributed by atoms with E-state index in [0.717, 1.165) is 19.0 Å². The van der Waals surface area contributed by atoms with Crippen molar-refractivity contribution < 1.29 is 9.09 Å². The van der Waals surface area contributed by atoms with Crippen LogP contribution in [-0.2, 0) is 9.09 Å². The summed E-state index contributed by atoms with van der Waals surface area (Å²) in [5.74, 6) is 0. The summed E-state index contributed by atoms with van der Waals surface area (Å²) in [7, 11) is -1.72. The molecule has 104 valence electrons. The van der Waals surface area contributed by atoms with E-state index in [4.69, 9.17) is 4.52 Å². The van der Waals surface area contributed by atoms with Crippen molar-refractivity contribution in [3.63, 3.8) is 0 Å². The highest BCUT2D eigenvalue weighted by molar-refractivity contribution is 7.39. The third-order valence-electron chi connectivity index (χ3n) is 3.00. The van der Waals surface area contributed by atoms with Crippen LogP contribution in [-0.4, -0.2) is 12.8 Å². The number of rotatable bonds is 13. The van der Waals surface area contributed by atoms with Crippen molar-refractivity contribution in [3.05, 3.63) is 0 Å². The van der Waals surface area contributed by atoms with Gasteiger partial charge in [0.15, 0.2) is 8.03 Å². The Kier molecular flexibility index (Phi) is 14.4. The summed E-state index contributed by atoms with van der Waals surface area (Å²) in [4.78, 5) is 0. The van der Waals surface area contributed by atoms with Crippen LogP contribution in [0.3, 0.4) is 0 Å². The van der Waals surface area contributed by atoms with Crippen LogP contribution in [0, 0.1) is 0 Å². The first kappa shape index (κ1) is 17.2. The summed E-state index contributed by atoms with van der Waals surface area (Å²) in [5, 5.41) is 0. The van der Waals surface area contributed by atoms with Crippen molar-refractivity contribution in [2.75, 3.05) is 12.8 Å². The molecule has 2 nitrogen and oxygen atoms in total. The molecule has 0 radical (unpaired) electrons. The van der Waals surface area contributed by atoms with Gasteiger partial charge in [-0.1, -0.05) is 65.2 Å². The minimum absolute atomic E-state index is 0.705. The molecule has 0 heterocycles. The fraction of sp³-hybridized carbons (Fsp3) is 1.00. The van der Waals surface area contributed by atoms with Crippen molar-refractivity contribution in [2.45, 2.75) is 78.1 Å². The average Bonchev–Trinajstić information content (AvgIpc) is 2.33. The first-order valence-corrected chi connectivity index (χ1v) is 8.99. The molecule has 0 rings (SSSR count). The molecule has 0 bridgehead atoms.